The van der Waals surface area contributed by atoms with E-state index in [2.05, 4.69) is 21.2 Å². The first-order valence-corrected chi connectivity index (χ1v) is 10.5. The minimum atomic E-state index is -4.43. The maximum Gasteiger partial charge on any atom is 0.397 e. The monoisotopic (exact) mass is 412 g/mol. The lowest BCUT2D eigenvalue weighted by Crippen LogP contribution is -2.47. The largest absolute Gasteiger partial charge is 0.399 e. The van der Waals surface area contributed by atoms with Crippen LogP contribution in [0.4, 0.5) is 24.5 Å². The molecule has 1 aliphatic heterocycles. The molecule has 1 saturated heterocycles. The number of rotatable bonds is 6. The predicted molar refractivity (Wildman–Crippen MR) is 109 cm³/mol. The van der Waals surface area contributed by atoms with Gasteiger partial charge < -0.3 is 16.0 Å². The van der Waals surface area contributed by atoms with Crippen molar-refractivity contribution < 1.29 is 18.0 Å². The number of hydrogen-bond acceptors (Lipinski definition) is 4. The van der Waals surface area contributed by atoms with Crippen LogP contribution in [0, 0.1) is 5.92 Å². The van der Waals surface area contributed by atoms with Crippen LogP contribution in [0.1, 0.15) is 38.5 Å². The van der Waals surface area contributed by atoms with E-state index < -0.39 is 18.5 Å². The Bertz CT molecular complexity index is 666. The van der Waals surface area contributed by atoms with Gasteiger partial charge in [0.2, 0.25) is 5.91 Å². The van der Waals surface area contributed by atoms with Gasteiger partial charge in [0.15, 0.2) is 0 Å². The number of anilines is 2. The summed E-state index contributed by atoms with van der Waals surface area (Å²) in [7, 11) is 0. The number of hydrogen-bond donors (Lipinski definition) is 2. The van der Waals surface area contributed by atoms with Gasteiger partial charge in [-0.15, -0.1) is 0 Å². The molecule has 0 atom stereocenters. The number of benzene rings is 1. The lowest BCUT2D eigenvalue weighted by Gasteiger charge is -2.37. The minimum absolute atomic E-state index is 0.108. The summed E-state index contributed by atoms with van der Waals surface area (Å²) in [6.07, 6.45) is -1.20. The molecule has 8 heteroatoms. The van der Waals surface area contributed by atoms with Crippen LogP contribution in [0.25, 0.3) is 0 Å². The van der Waals surface area contributed by atoms with E-state index >= 15 is 0 Å². The summed E-state index contributed by atoms with van der Waals surface area (Å²) in [6.45, 7) is 5.08. The van der Waals surface area contributed by atoms with Crippen LogP contribution >= 0.6 is 0 Å². The Kier molecular flexibility index (Phi) is 7.27. The standard InChI is InChI=1S/C21H31F3N4O/c22-21(23,24)15-20(29)26-18-6-4-16(5-7-18)8-9-27-10-12-28(13-11-27)19-3-1-2-17(25)14-19/h1-3,14,16,18H,4-13,15,25H2,(H,26,29). The molecule has 1 heterocycles. The van der Waals surface area contributed by atoms with Crippen molar-refractivity contribution in [1.29, 1.82) is 0 Å². The zero-order valence-electron chi connectivity index (χ0n) is 16.8. The van der Waals surface area contributed by atoms with Crippen LogP contribution in [0.5, 0.6) is 0 Å². The minimum Gasteiger partial charge on any atom is -0.399 e. The number of carbonyl (C=O) groups excluding carboxylic acids is 1. The van der Waals surface area contributed by atoms with Crippen molar-refractivity contribution in [2.24, 2.45) is 5.92 Å². The molecule has 2 fully saturated rings. The zero-order valence-corrected chi connectivity index (χ0v) is 16.8. The Morgan fingerprint density at radius 3 is 2.41 bits per heavy atom. The van der Waals surface area contributed by atoms with Crippen LogP contribution < -0.4 is 16.0 Å². The molecule has 162 valence electrons. The van der Waals surface area contributed by atoms with Crippen LogP contribution in [0.15, 0.2) is 24.3 Å². The Morgan fingerprint density at radius 2 is 1.79 bits per heavy atom. The second-order valence-electron chi connectivity index (χ2n) is 8.29. The molecule has 0 aromatic heterocycles. The Balaban J connectivity index is 1.32. The summed E-state index contributed by atoms with van der Waals surface area (Å²) in [5.74, 6) is -0.309. The van der Waals surface area contributed by atoms with Crippen molar-refractivity contribution in [1.82, 2.24) is 10.2 Å². The van der Waals surface area contributed by atoms with Crippen LogP contribution in [0.2, 0.25) is 0 Å². The molecule has 1 aliphatic carbocycles. The molecule has 5 nitrogen and oxygen atoms in total. The van der Waals surface area contributed by atoms with E-state index in [1.165, 1.54) is 5.69 Å². The van der Waals surface area contributed by atoms with Crippen molar-refractivity contribution in [2.45, 2.75) is 50.7 Å². The number of carbonyl (C=O) groups is 1. The number of nitrogens with two attached hydrogens (primary N) is 1. The normalized spacial score (nSPS) is 23.8. The number of amides is 1. The van der Waals surface area contributed by atoms with Crippen molar-refractivity contribution in [3.05, 3.63) is 24.3 Å². The van der Waals surface area contributed by atoms with Gasteiger partial charge in [-0.3, -0.25) is 9.69 Å². The highest BCUT2D eigenvalue weighted by molar-refractivity contribution is 5.76. The molecule has 0 bridgehead atoms. The molecule has 1 amide bonds. The first-order valence-electron chi connectivity index (χ1n) is 10.5. The third kappa shape index (κ3) is 7.10. The average Bonchev–Trinajstić information content (AvgIpc) is 2.66. The van der Waals surface area contributed by atoms with E-state index in [-0.39, 0.29) is 6.04 Å². The van der Waals surface area contributed by atoms with Gasteiger partial charge in [0, 0.05) is 43.6 Å². The number of nitrogens with zero attached hydrogens (tertiary/aromatic N) is 2. The van der Waals surface area contributed by atoms with Gasteiger partial charge in [0.05, 0.1) is 0 Å². The molecule has 1 aromatic carbocycles. The fourth-order valence-electron chi connectivity index (χ4n) is 4.37. The molecule has 0 radical (unpaired) electrons. The summed E-state index contributed by atoms with van der Waals surface area (Å²) in [5.41, 5.74) is 7.84. The predicted octanol–water partition coefficient (Wildman–Crippen LogP) is 3.41. The maximum absolute atomic E-state index is 12.3. The summed E-state index contributed by atoms with van der Waals surface area (Å²) in [4.78, 5) is 16.3. The van der Waals surface area contributed by atoms with Gasteiger partial charge in [-0.25, -0.2) is 0 Å². The van der Waals surface area contributed by atoms with Gasteiger partial charge in [-0.1, -0.05) is 6.07 Å². The van der Waals surface area contributed by atoms with Crippen molar-refractivity contribution >= 4 is 17.3 Å². The molecule has 2 aliphatic rings. The van der Waals surface area contributed by atoms with Gasteiger partial charge in [0.25, 0.3) is 0 Å². The number of alkyl halides is 3. The van der Waals surface area contributed by atoms with Gasteiger partial charge in [-0.05, 0) is 62.8 Å². The summed E-state index contributed by atoms with van der Waals surface area (Å²) >= 11 is 0. The fraction of sp³-hybridized carbons (Fsp3) is 0.667. The van der Waals surface area contributed by atoms with Crippen LogP contribution in [0.3, 0.4) is 0 Å². The van der Waals surface area contributed by atoms with E-state index in [0.717, 1.165) is 70.5 Å². The first-order chi connectivity index (χ1) is 13.8. The lowest BCUT2D eigenvalue weighted by atomic mass is 9.84. The Hall–Kier alpha value is -1.96. The molecular weight excluding hydrogens is 381 g/mol. The van der Waals surface area contributed by atoms with E-state index in [1.807, 2.05) is 18.2 Å². The highest BCUT2D eigenvalue weighted by atomic mass is 19.4. The van der Waals surface area contributed by atoms with E-state index in [9.17, 15) is 18.0 Å². The molecule has 29 heavy (non-hydrogen) atoms. The third-order valence-corrected chi connectivity index (χ3v) is 6.03. The molecule has 1 aromatic rings. The third-order valence-electron chi connectivity index (χ3n) is 6.03. The summed E-state index contributed by atoms with van der Waals surface area (Å²) in [5, 5.41) is 2.54. The Labute approximate surface area is 170 Å². The average molecular weight is 413 g/mol. The van der Waals surface area contributed by atoms with Crippen LogP contribution in [-0.2, 0) is 4.79 Å². The number of halogens is 3. The van der Waals surface area contributed by atoms with E-state index in [4.69, 9.17) is 5.73 Å². The van der Waals surface area contributed by atoms with Gasteiger partial charge in [-0.2, -0.15) is 13.2 Å². The number of nitrogens with one attached hydrogen (secondary N) is 1. The molecule has 3 rings (SSSR count). The maximum atomic E-state index is 12.3. The molecule has 0 spiro atoms. The molecule has 1 saturated carbocycles. The number of piperazine rings is 1. The van der Waals surface area contributed by atoms with E-state index in [0.29, 0.717) is 5.92 Å². The quantitative estimate of drug-likeness (QED) is 0.703. The van der Waals surface area contributed by atoms with Gasteiger partial charge >= 0.3 is 6.18 Å². The highest BCUT2D eigenvalue weighted by Crippen LogP contribution is 2.28. The van der Waals surface area contributed by atoms with Crippen molar-refractivity contribution in [2.75, 3.05) is 43.4 Å². The summed E-state index contributed by atoms with van der Waals surface area (Å²) < 4.78 is 36.8. The zero-order chi connectivity index (χ0) is 20.9. The first kappa shape index (κ1) is 21.7. The lowest BCUT2D eigenvalue weighted by molar-refractivity contribution is -0.154. The summed E-state index contributed by atoms with van der Waals surface area (Å²) in [6, 6.07) is 7.89. The number of nitrogen functional groups attached to an aromatic ring is 1. The second-order valence-corrected chi connectivity index (χ2v) is 8.29. The molecule has 3 N–H and O–H groups in total. The highest BCUT2D eigenvalue weighted by Gasteiger charge is 2.32. The van der Waals surface area contributed by atoms with Gasteiger partial charge in [0.1, 0.15) is 6.42 Å². The topological polar surface area (TPSA) is 61.6 Å². The fourth-order valence-corrected chi connectivity index (χ4v) is 4.37. The second kappa shape index (κ2) is 9.69. The van der Waals surface area contributed by atoms with Crippen molar-refractivity contribution in [3.63, 3.8) is 0 Å². The van der Waals surface area contributed by atoms with E-state index in [1.54, 1.807) is 0 Å². The SMILES string of the molecule is Nc1cccc(N2CCN(CCC3CCC(NC(=O)CC(F)(F)F)CC3)CC2)c1. The Morgan fingerprint density at radius 1 is 1.10 bits per heavy atom. The van der Waals surface area contributed by atoms with Crippen LogP contribution in [-0.4, -0.2) is 55.7 Å². The van der Waals surface area contributed by atoms with Crippen molar-refractivity contribution in [3.8, 4) is 0 Å². The molecular formula is C21H31F3N4O. The molecule has 0 unspecified atom stereocenters. The smallest absolute Gasteiger partial charge is 0.397 e.